The largest absolute Gasteiger partial charge is 0.484 e. The minimum absolute atomic E-state index is 0.175. The average Bonchev–Trinajstić information content (AvgIpc) is 2.81. The number of rotatable bonds is 10. The van der Waals surface area contributed by atoms with E-state index in [-0.39, 0.29) is 23.5 Å². The number of hydrogen-bond donors (Lipinski definition) is 2. The van der Waals surface area contributed by atoms with E-state index in [0.29, 0.717) is 24.3 Å². The van der Waals surface area contributed by atoms with Gasteiger partial charge in [0.1, 0.15) is 5.75 Å². The van der Waals surface area contributed by atoms with E-state index in [4.69, 9.17) is 4.74 Å². The highest BCUT2D eigenvalue weighted by molar-refractivity contribution is 7.89. The lowest BCUT2D eigenvalue weighted by Gasteiger charge is -2.20. The number of aryl methyl sites for hydroxylation is 1. The van der Waals surface area contributed by atoms with Crippen molar-refractivity contribution >= 4 is 15.9 Å². The highest BCUT2D eigenvalue weighted by Gasteiger charge is 2.18. The summed E-state index contributed by atoms with van der Waals surface area (Å²) < 4.78 is 32.8. The Kier molecular flexibility index (Phi) is 8.03. The topological polar surface area (TPSA) is 84.5 Å². The summed E-state index contributed by atoms with van der Waals surface area (Å²) in [5.74, 6) is 0.189. The molecule has 3 aromatic rings. The summed E-state index contributed by atoms with van der Waals surface area (Å²) in [5.41, 5.74) is 2.58. The first-order chi connectivity index (χ1) is 15.4. The van der Waals surface area contributed by atoms with Crippen molar-refractivity contribution in [1.29, 1.82) is 0 Å². The van der Waals surface area contributed by atoms with Crippen molar-refractivity contribution in [3.63, 3.8) is 0 Å². The Hall–Kier alpha value is -3.16. The first-order valence-corrected chi connectivity index (χ1v) is 12.0. The van der Waals surface area contributed by atoms with E-state index in [1.165, 1.54) is 6.07 Å². The Labute approximate surface area is 189 Å². The maximum absolute atomic E-state index is 12.7. The molecule has 3 aromatic carbocycles. The molecule has 0 bridgehead atoms. The third kappa shape index (κ3) is 6.18. The van der Waals surface area contributed by atoms with E-state index in [1.807, 2.05) is 67.6 Å². The fourth-order valence-electron chi connectivity index (χ4n) is 3.27. The standard InChI is InChI=1S/C25H28N2O4S/c1-3-16-26-32(29,30)22-14-15-23(19(2)17-22)31-18-24(28)27-25(20-10-6-4-7-11-20)21-12-8-5-9-13-21/h4-15,17,25-26H,3,16,18H2,1-2H3,(H,27,28). The Morgan fingerprint density at radius 1 is 0.938 bits per heavy atom. The van der Waals surface area contributed by atoms with E-state index in [1.54, 1.807) is 19.1 Å². The van der Waals surface area contributed by atoms with E-state index >= 15 is 0 Å². The number of sulfonamides is 1. The molecule has 3 rings (SSSR count). The predicted molar refractivity (Wildman–Crippen MR) is 125 cm³/mol. The lowest BCUT2D eigenvalue weighted by molar-refractivity contribution is -0.123. The van der Waals surface area contributed by atoms with Crippen molar-refractivity contribution in [2.75, 3.05) is 13.2 Å². The summed E-state index contributed by atoms with van der Waals surface area (Å²) in [6.45, 7) is 3.85. The van der Waals surface area contributed by atoms with Crippen molar-refractivity contribution in [1.82, 2.24) is 10.0 Å². The normalized spacial score (nSPS) is 11.3. The van der Waals surface area contributed by atoms with Crippen LogP contribution in [0.15, 0.2) is 83.8 Å². The molecule has 0 aliphatic rings. The van der Waals surface area contributed by atoms with Gasteiger partial charge in [-0.3, -0.25) is 4.79 Å². The quantitative estimate of drug-likeness (QED) is 0.488. The molecule has 0 aliphatic carbocycles. The minimum Gasteiger partial charge on any atom is -0.484 e. The third-order valence-corrected chi connectivity index (χ3v) is 6.39. The van der Waals surface area contributed by atoms with Crippen LogP contribution in [-0.2, 0) is 14.8 Å². The summed E-state index contributed by atoms with van der Waals surface area (Å²) in [7, 11) is -3.55. The molecule has 0 atom stereocenters. The molecule has 0 heterocycles. The Bertz CT molecular complexity index is 1090. The van der Waals surface area contributed by atoms with E-state index in [0.717, 1.165) is 11.1 Å². The Morgan fingerprint density at radius 3 is 2.06 bits per heavy atom. The minimum atomic E-state index is -3.55. The molecule has 6 nitrogen and oxygen atoms in total. The molecule has 0 fully saturated rings. The van der Waals surface area contributed by atoms with Crippen LogP contribution in [0.1, 0.15) is 36.1 Å². The molecule has 0 aromatic heterocycles. The second-order valence-corrected chi connectivity index (χ2v) is 9.20. The van der Waals surface area contributed by atoms with Gasteiger partial charge >= 0.3 is 0 Å². The van der Waals surface area contributed by atoms with E-state index in [9.17, 15) is 13.2 Å². The number of hydrogen-bond acceptors (Lipinski definition) is 4. The molecule has 0 saturated carbocycles. The van der Waals surface area contributed by atoms with Crippen LogP contribution in [0.3, 0.4) is 0 Å². The van der Waals surface area contributed by atoms with Crippen molar-refractivity contribution in [2.45, 2.75) is 31.2 Å². The SMILES string of the molecule is CCCNS(=O)(=O)c1ccc(OCC(=O)NC(c2ccccc2)c2ccccc2)c(C)c1. The number of ether oxygens (including phenoxy) is 1. The maximum Gasteiger partial charge on any atom is 0.258 e. The Morgan fingerprint density at radius 2 is 1.53 bits per heavy atom. The fourth-order valence-corrected chi connectivity index (χ4v) is 4.49. The van der Waals surface area contributed by atoms with Crippen molar-refractivity contribution in [2.24, 2.45) is 0 Å². The molecular formula is C25H28N2O4S. The summed E-state index contributed by atoms with van der Waals surface area (Å²) >= 11 is 0. The summed E-state index contributed by atoms with van der Waals surface area (Å²) in [5, 5.41) is 3.03. The second-order valence-electron chi connectivity index (χ2n) is 7.44. The average molecular weight is 453 g/mol. The van der Waals surface area contributed by atoms with Crippen molar-refractivity contribution in [3.8, 4) is 5.75 Å². The van der Waals surface area contributed by atoms with Gasteiger partial charge in [0.15, 0.2) is 6.61 Å². The van der Waals surface area contributed by atoms with Crippen LogP contribution in [0.2, 0.25) is 0 Å². The van der Waals surface area contributed by atoms with Gasteiger partial charge in [0, 0.05) is 6.54 Å². The number of carbonyl (C=O) groups is 1. The zero-order valence-electron chi connectivity index (χ0n) is 18.2. The molecule has 0 unspecified atom stereocenters. The number of amides is 1. The molecule has 0 spiro atoms. The number of nitrogens with one attached hydrogen (secondary N) is 2. The molecule has 0 saturated heterocycles. The monoisotopic (exact) mass is 452 g/mol. The van der Waals surface area contributed by atoms with Crippen LogP contribution in [0.25, 0.3) is 0 Å². The maximum atomic E-state index is 12.7. The molecule has 32 heavy (non-hydrogen) atoms. The van der Waals surface area contributed by atoms with Crippen LogP contribution < -0.4 is 14.8 Å². The predicted octanol–water partition coefficient (Wildman–Crippen LogP) is 3.97. The van der Waals surface area contributed by atoms with Crippen LogP contribution in [-0.4, -0.2) is 27.5 Å². The van der Waals surface area contributed by atoms with Gasteiger partial charge in [0.05, 0.1) is 10.9 Å². The first-order valence-electron chi connectivity index (χ1n) is 10.5. The van der Waals surface area contributed by atoms with Crippen LogP contribution in [0.5, 0.6) is 5.75 Å². The van der Waals surface area contributed by atoms with Gasteiger partial charge in [-0.25, -0.2) is 13.1 Å². The van der Waals surface area contributed by atoms with E-state index in [2.05, 4.69) is 10.0 Å². The molecule has 7 heteroatoms. The van der Waals surface area contributed by atoms with Gasteiger partial charge in [-0.15, -0.1) is 0 Å². The van der Waals surface area contributed by atoms with Crippen molar-refractivity contribution < 1.29 is 17.9 Å². The number of carbonyl (C=O) groups excluding carboxylic acids is 1. The molecule has 0 aliphatic heterocycles. The van der Waals surface area contributed by atoms with Gasteiger partial charge in [0.2, 0.25) is 10.0 Å². The summed E-state index contributed by atoms with van der Waals surface area (Å²) in [6.07, 6.45) is 0.710. The van der Waals surface area contributed by atoms with Crippen LogP contribution in [0, 0.1) is 6.92 Å². The zero-order chi connectivity index (χ0) is 23.0. The second kappa shape index (κ2) is 10.9. The molecule has 2 N–H and O–H groups in total. The lowest BCUT2D eigenvalue weighted by Crippen LogP contribution is -2.33. The van der Waals surface area contributed by atoms with Crippen molar-refractivity contribution in [3.05, 3.63) is 95.6 Å². The first kappa shape index (κ1) is 23.5. The summed E-state index contributed by atoms with van der Waals surface area (Å²) in [4.78, 5) is 12.9. The highest BCUT2D eigenvalue weighted by atomic mass is 32.2. The fraction of sp³-hybridized carbons (Fsp3) is 0.240. The highest BCUT2D eigenvalue weighted by Crippen LogP contribution is 2.23. The van der Waals surface area contributed by atoms with E-state index < -0.39 is 10.0 Å². The lowest BCUT2D eigenvalue weighted by atomic mass is 9.99. The smallest absolute Gasteiger partial charge is 0.258 e. The van der Waals surface area contributed by atoms with Gasteiger partial charge in [0.25, 0.3) is 5.91 Å². The van der Waals surface area contributed by atoms with Crippen LogP contribution >= 0.6 is 0 Å². The van der Waals surface area contributed by atoms with Gasteiger partial charge in [-0.1, -0.05) is 67.6 Å². The molecule has 0 radical (unpaired) electrons. The van der Waals surface area contributed by atoms with Gasteiger partial charge < -0.3 is 10.1 Å². The molecular weight excluding hydrogens is 424 g/mol. The van der Waals surface area contributed by atoms with Gasteiger partial charge in [-0.2, -0.15) is 0 Å². The Balaban J connectivity index is 1.68. The molecule has 1 amide bonds. The molecule has 168 valence electrons. The van der Waals surface area contributed by atoms with Crippen LogP contribution in [0.4, 0.5) is 0 Å². The number of benzene rings is 3. The third-order valence-electron chi connectivity index (χ3n) is 4.93. The van der Waals surface area contributed by atoms with Gasteiger partial charge in [-0.05, 0) is 48.2 Å². The summed E-state index contributed by atoms with van der Waals surface area (Å²) in [6, 6.07) is 23.8. The zero-order valence-corrected chi connectivity index (χ0v) is 19.1.